The topological polar surface area (TPSA) is 93.7 Å². The van der Waals surface area contributed by atoms with Gasteiger partial charge in [0, 0.05) is 5.92 Å². The van der Waals surface area contributed by atoms with Crippen LogP contribution in [0.5, 0.6) is 0 Å². The molecule has 1 aromatic heterocycles. The third-order valence-corrected chi connectivity index (χ3v) is 7.32. The van der Waals surface area contributed by atoms with Crippen LogP contribution in [0.25, 0.3) is 11.1 Å². The van der Waals surface area contributed by atoms with Gasteiger partial charge in [0.15, 0.2) is 0 Å². The van der Waals surface area contributed by atoms with Gasteiger partial charge in [-0.2, -0.15) is 0 Å². The summed E-state index contributed by atoms with van der Waals surface area (Å²) in [5, 5.41) is 5.78. The third kappa shape index (κ3) is 5.60. The van der Waals surface area contributed by atoms with Gasteiger partial charge in [-0.3, -0.25) is 4.79 Å². The van der Waals surface area contributed by atoms with Crippen molar-refractivity contribution in [3.8, 4) is 11.1 Å². The van der Waals surface area contributed by atoms with Gasteiger partial charge in [0.05, 0.1) is 5.00 Å². The summed E-state index contributed by atoms with van der Waals surface area (Å²) >= 11 is 1.10. The molecule has 1 unspecified atom stereocenters. The highest BCUT2D eigenvalue weighted by atomic mass is 32.1. The summed E-state index contributed by atoms with van der Waals surface area (Å²) in [6.45, 7) is 1.90. The summed E-state index contributed by atoms with van der Waals surface area (Å²) in [5.41, 5.74) is 5.40. The van der Waals surface area contributed by atoms with Gasteiger partial charge < -0.3 is 20.1 Å². The van der Waals surface area contributed by atoms with Gasteiger partial charge >= 0.3 is 12.1 Å². The molecule has 0 saturated heterocycles. The number of alkyl carbamates (subject to hydrolysis) is 1. The average molecular weight is 527 g/mol. The van der Waals surface area contributed by atoms with Crippen LogP contribution in [-0.2, 0) is 20.9 Å². The molecule has 38 heavy (non-hydrogen) atoms. The molecular weight excluding hydrogens is 500 g/mol. The number of anilines is 1. The second-order valence-corrected chi connectivity index (χ2v) is 9.99. The molecule has 0 saturated carbocycles. The van der Waals surface area contributed by atoms with Crippen LogP contribution in [0, 0.1) is 0 Å². The first-order valence-electron chi connectivity index (χ1n) is 12.2. The minimum Gasteiger partial charge on any atom is -0.457 e. The van der Waals surface area contributed by atoms with Crippen molar-refractivity contribution in [2.24, 2.45) is 0 Å². The molecule has 1 heterocycles. The maximum absolute atomic E-state index is 12.6. The Morgan fingerprint density at radius 1 is 0.816 bits per heavy atom. The van der Waals surface area contributed by atoms with Crippen molar-refractivity contribution in [2.45, 2.75) is 25.5 Å². The van der Waals surface area contributed by atoms with Crippen LogP contribution in [0.15, 0.2) is 91.0 Å². The largest absolute Gasteiger partial charge is 0.457 e. The number of ether oxygens (including phenoxy) is 2. The molecule has 8 heteroatoms. The van der Waals surface area contributed by atoms with E-state index < -0.39 is 24.0 Å². The Hall–Kier alpha value is -4.43. The minimum atomic E-state index is -0.846. The Balaban J connectivity index is 1.11. The van der Waals surface area contributed by atoms with Crippen LogP contribution in [-0.4, -0.2) is 30.6 Å². The van der Waals surface area contributed by atoms with Gasteiger partial charge in [0.25, 0.3) is 0 Å². The highest BCUT2D eigenvalue weighted by Gasteiger charge is 2.29. The monoisotopic (exact) mass is 526 g/mol. The Kier molecular flexibility index (Phi) is 7.51. The van der Waals surface area contributed by atoms with E-state index in [9.17, 15) is 14.4 Å². The summed E-state index contributed by atoms with van der Waals surface area (Å²) < 4.78 is 10.9. The summed E-state index contributed by atoms with van der Waals surface area (Å²) in [7, 11) is 0. The molecule has 2 N–H and O–H groups in total. The standard InChI is InChI=1S/C30H26N2O5S/c1-19(28(33)32-27-16-15-26(38-27)29(34)36-17-20-9-3-2-4-10-20)31-30(35)37-18-25-23-13-7-5-11-21(23)22-12-6-8-14-24(22)25/h2-16,19,25H,17-18H2,1H3,(H,31,35)(H,32,33). The Morgan fingerprint density at radius 2 is 1.45 bits per heavy atom. The van der Waals surface area contributed by atoms with Gasteiger partial charge in [0.2, 0.25) is 5.91 Å². The SMILES string of the molecule is CC(NC(=O)OCC1c2ccccc2-c2ccccc21)C(=O)Nc1ccc(C(=O)OCc2ccccc2)s1. The smallest absolute Gasteiger partial charge is 0.407 e. The van der Waals surface area contributed by atoms with Gasteiger partial charge in [-0.15, -0.1) is 11.3 Å². The zero-order chi connectivity index (χ0) is 26.5. The molecule has 0 fully saturated rings. The average Bonchev–Trinajstić information content (AvgIpc) is 3.54. The number of amides is 2. The maximum Gasteiger partial charge on any atom is 0.407 e. The first-order valence-corrected chi connectivity index (χ1v) is 13.0. The predicted octanol–water partition coefficient (Wildman–Crippen LogP) is 5.97. The molecule has 192 valence electrons. The van der Waals surface area contributed by atoms with Gasteiger partial charge in [-0.25, -0.2) is 9.59 Å². The number of rotatable bonds is 8. The van der Waals surface area contributed by atoms with E-state index in [1.165, 1.54) is 0 Å². The molecule has 3 aromatic carbocycles. The van der Waals surface area contributed by atoms with Crippen molar-refractivity contribution >= 4 is 34.3 Å². The van der Waals surface area contributed by atoms with E-state index in [1.54, 1.807) is 19.1 Å². The lowest BCUT2D eigenvalue weighted by molar-refractivity contribution is -0.117. The zero-order valence-electron chi connectivity index (χ0n) is 20.7. The van der Waals surface area contributed by atoms with Gasteiger partial charge in [0.1, 0.15) is 24.1 Å². The lowest BCUT2D eigenvalue weighted by Gasteiger charge is -2.17. The van der Waals surface area contributed by atoms with Crippen LogP contribution < -0.4 is 10.6 Å². The minimum absolute atomic E-state index is 0.0662. The molecule has 1 aliphatic carbocycles. The van der Waals surface area contributed by atoms with Crippen molar-refractivity contribution in [3.63, 3.8) is 0 Å². The second-order valence-electron chi connectivity index (χ2n) is 8.91. The van der Waals surface area contributed by atoms with Gasteiger partial charge in [-0.1, -0.05) is 78.9 Å². The van der Waals surface area contributed by atoms with Crippen molar-refractivity contribution in [3.05, 3.63) is 113 Å². The highest BCUT2D eigenvalue weighted by molar-refractivity contribution is 7.18. The fourth-order valence-corrected chi connectivity index (χ4v) is 5.22. The van der Waals surface area contributed by atoms with Crippen molar-refractivity contribution in [2.75, 3.05) is 11.9 Å². The molecule has 5 rings (SSSR count). The van der Waals surface area contributed by atoms with Crippen molar-refractivity contribution in [1.82, 2.24) is 5.32 Å². The molecular formula is C30H26N2O5S. The number of carbonyl (C=O) groups is 3. The molecule has 2 amide bonds. The van der Waals surface area contributed by atoms with E-state index in [2.05, 4.69) is 22.8 Å². The van der Waals surface area contributed by atoms with Crippen LogP contribution in [0.2, 0.25) is 0 Å². The number of thiophene rings is 1. The molecule has 1 aliphatic rings. The number of esters is 1. The summed E-state index contributed by atoms with van der Waals surface area (Å²) in [6.07, 6.45) is -0.675. The van der Waals surface area contributed by atoms with Crippen molar-refractivity contribution in [1.29, 1.82) is 0 Å². The number of hydrogen-bond acceptors (Lipinski definition) is 6. The van der Waals surface area contributed by atoms with Crippen molar-refractivity contribution < 1.29 is 23.9 Å². The number of hydrogen-bond donors (Lipinski definition) is 2. The van der Waals surface area contributed by atoms with E-state index in [0.717, 1.165) is 39.2 Å². The molecule has 0 aliphatic heterocycles. The zero-order valence-corrected chi connectivity index (χ0v) is 21.5. The van der Waals surface area contributed by atoms with Crippen LogP contribution >= 0.6 is 11.3 Å². The summed E-state index contributed by atoms with van der Waals surface area (Å²) in [4.78, 5) is 37.8. The van der Waals surface area contributed by atoms with Crippen LogP contribution in [0.3, 0.4) is 0 Å². The number of fused-ring (bicyclic) bond motifs is 3. The lowest BCUT2D eigenvalue weighted by Crippen LogP contribution is -2.42. The third-order valence-electron chi connectivity index (χ3n) is 6.34. The molecule has 0 spiro atoms. The van der Waals surface area contributed by atoms with E-state index >= 15 is 0 Å². The Bertz CT molecular complexity index is 1420. The Labute approximate surface area is 224 Å². The lowest BCUT2D eigenvalue weighted by atomic mass is 9.98. The molecule has 4 aromatic rings. The van der Waals surface area contributed by atoms with Crippen LogP contribution in [0.4, 0.5) is 9.80 Å². The first-order chi connectivity index (χ1) is 18.5. The molecule has 0 bridgehead atoms. The number of benzene rings is 3. The van der Waals surface area contributed by atoms with E-state index in [-0.39, 0.29) is 19.1 Å². The van der Waals surface area contributed by atoms with Gasteiger partial charge in [-0.05, 0) is 46.9 Å². The fraction of sp³-hybridized carbons (Fsp3) is 0.167. The number of carbonyl (C=O) groups excluding carboxylic acids is 3. The van der Waals surface area contributed by atoms with E-state index in [4.69, 9.17) is 9.47 Å². The quantitative estimate of drug-likeness (QED) is 0.276. The summed E-state index contributed by atoms with van der Waals surface area (Å²) in [5.74, 6) is -0.961. The molecule has 0 radical (unpaired) electrons. The Morgan fingerprint density at radius 3 is 2.13 bits per heavy atom. The van der Waals surface area contributed by atoms with Crippen LogP contribution in [0.1, 0.15) is 39.2 Å². The molecule has 7 nitrogen and oxygen atoms in total. The van der Waals surface area contributed by atoms with E-state index in [1.807, 2.05) is 66.7 Å². The molecule has 1 atom stereocenters. The first kappa shape index (κ1) is 25.2. The predicted molar refractivity (Wildman–Crippen MR) is 146 cm³/mol. The highest BCUT2D eigenvalue weighted by Crippen LogP contribution is 2.44. The fourth-order valence-electron chi connectivity index (χ4n) is 4.42. The second kappa shape index (κ2) is 11.3. The summed E-state index contributed by atoms with van der Waals surface area (Å²) in [6, 6.07) is 27.9. The van der Waals surface area contributed by atoms with E-state index in [0.29, 0.717) is 9.88 Å². The maximum atomic E-state index is 12.6. The normalized spacial score (nSPS) is 12.7. The number of nitrogens with one attached hydrogen (secondary N) is 2.